The normalized spacial score (nSPS) is 11.8. The Morgan fingerprint density at radius 3 is 1.43 bits per heavy atom. The van der Waals surface area contributed by atoms with Gasteiger partial charge in [-0.1, -0.05) is 198 Å². The van der Waals surface area contributed by atoms with Gasteiger partial charge in [-0.3, -0.25) is 0 Å². The molecular formula is C72H58N2O2. The third-order valence-corrected chi connectivity index (χ3v) is 15.6. The summed E-state index contributed by atoms with van der Waals surface area (Å²) in [6.07, 6.45) is 0. The van der Waals surface area contributed by atoms with E-state index >= 15 is 0 Å². The topological polar surface area (TPSA) is 39.9 Å². The third kappa shape index (κ3) is 7.75. The van der Waals surface area contributed by atoms with Crippen molar-refractivity contribution in [3.05, 3.63) is 247 Å². The molecule has 0 amide bonds. The molecule has 4 nitrogen and oxygen atoms in total. The molecule has 13 aromatic rings. The third-order valence-electron chi connectivity index (χ3n) is 15.6. The second-order valence-corrected chi connectivity index (χ2v) is 21.1. The summed E-state index contributed by atoms with van der Waals surface area (Å²) in [7, 11) is 0. The number of anilines is 6. The molecule has 0 unspecified atom stereocenters. The average molecular weight is 983 g/mol. The number of furan rings is 1. The molecule has 0 atom stereocenters. The smallest absolute Gasteiger partial charge is 0.159 e. The number of phenolic OH excluding ortho intramolecular Hbond substituents is 1. The van der Waals surface area contributed by atoms with Crippen LogP contribution in [-0.4, -0.2) is 5.11 Å². The SMILES string of the molecule is Cc1cccc(N(c2cccc(-c3cccc(-c4ccccc4C(C)C)c3)c2O)c2ccc3ccc4c(N(c5cccc(C)c5)c5cccc6c5oc5c(-c7ccccc7C(C)C)cccc56)ccc5ccc2c3c54)c1. The zero-order valence-electron chi connectivity index (χ0n) is 43.8. The van der Waals surface area contributed by atoms with Crippen LogP contribution in [-0.2, 0) is 0 Å². The van der Waals surface area contributed by atoms with Crippen molar-refractivity contribution in [1.29, 1.82) is 0 Å². The monoisotopic (exact) mass is 982 g/mol. The van der Waals surface area contributed by atoms with Gasteiger partial charge >= 0.3 is 0 Å². The van der Waals surface area contributed by atoms with E-state index < -0.39 is 0 Å². The highest BCUT2D eigenvalue weighted by molar-refractivity contribution is 6.28. The van der Waals surface area contributed by atoms with Crippen molar-refractivity contribution in [3.8, 4) is 39.1 Å². The molecule has 1 heterocycles. The largest absolute Gasteiger partial charge is 0.505 e. The summed E-state index contributed by atoms with van der Waals surface area (Å²) in [5, 5.41) is 21.8. The fraction of sp³-hybridized carbons (Fsp3) is 0.111. The number of phenols is 1. The number of hydrogen-bond acceptors (Lipinski definition) is 4. The Bertz CT molecular complexity index is 4370. The number of benzene rings is 12. The van der Waals surface area contributed by atoms with Crippen LogP contribution in [0, 0.1) is 13.8 Å². The number of rotatable bonds is 11. The highest BCUT2D eigenvalue weighted by Gasteiger charge is 2.27. The molecule has 76 heavy (non-hydrogen) atoms. The van der Waals surface area contributed by atoms with Crippen LogP contribution in [0.4, 0.5) is 34.1 Å². The van der Waals surface area contributed by atoms with Crippen LogP contribution in [0.25, 0.3) is 87.6 Å². The van der Waals surface area contributed by atoms with Crippen molar-refractivity contribution in [2.75, 3.05) is 9.80 Å². The van der Waals surface area contributed by atoms with Crippen molar-refractivity contribution < 1.29 is 9.52 Å². The fourth-order valence-electron chi connectivity index (χ4n) is 12.0. The lowest BCUT2D eigenvalue weighted by Gasteiger charge is -2.30. The van der Waals surface area contributed by atoms with Gasteiger partial charge < -0.3 is 19.3 Å². The van der Waals surface area contributed by atoms with E-state index in [1.54, 1.807) is 0 Å². The van der Waals surface area contributed by atoms with Crippen molar-refractivity contribution in [2.45, 2.75) is 53.4 Å². The summed E-state index contributed by atoms with van der Waals surface area (Å²) >= 11 is 0. The number of aromatic hydroxyl groups is 1. The lowest BCUT2D eigenvalue weighted by molar-refractivity contribution is 0.478. The first-order valence-corrected chi connectivity index (χ1v) is 26.6. The highest BCUT2D eigenvalue weighted by Crippen LogP contribution is 2.52. The molecule has 0 saturated carbocycles. The average Bonchev–Trinajstić information content (AvgIpc) is 3.97. The van der Waals surface area contributed by atoms with Gasteiger partial charge in [0.1, 0.15) is 11.3 Å². The van der Waals surface area contributed by atoms with Gasteiger partial charge in [0.25, 0.3) is 0 Å². The van der Waals surface area contributed by atoms with Gasteiger partial charge in [-0.2, -0.15) is 0 Å². The second kappa shape index (κ2) is 18.7. The summed E-state index contributed by atoms with van der Waals surface area (Å²) in [6.45, 7) is 13.3. The maximum Gasteiger partial charge on any atom is 0.159 e. The van der Waals surface area contributed by atoms with Gasteiger partial charge in [0.05, 0.1) is 22.7 Å². The number of fused-ring (bicyclic) bond motifs is 3. The van der Waals surface area contributed by atoms with Crippen LogP contribution in [0.3, 0.4) is 0 Å². The first-order chi connectivity index (χ1) is 37.1. The fourth-order valence-corrected chi connectivity index (χ4v) is 12.0. The van der Waals surface area contributed by atoms with E-state index in [9.17, 15) is 5.11 Å². The van der Waals surface area contributed by atoms with Gasteiger partial charge in [-0.05, 0) is 146 Å². The van der Waals surface area contributed by atoms with Crippen molar-refractivity contribution in [2.24, 2.45) is 0 Å². The Kier molecular flexibility index (Phi) is 11.5. The van der Waals surface area contributed by atoms with E-state index in [2.05, 4.69) is 264 Å². The van der Waals surface area contributed by atoms with E-state index in [4.69, 9.17) is 4.42 Å². The Labute approximate surface area is 444 Å². The zero-order valence-corrected chi connectivity index (χ0v) is 43.8. The van der Waals surface area contributed by atoms with Gasteiger partial charge in [-0.15, -0.1) is 0 Å². The summed E-state index contributed by atoms with van der Waals surface area (Å²) in [4.78, 5) is 4.64. The minimum atomic E-state index is 0.219. The summed E-state index contributed by atoms with van der Waals surface area (Å²) in [5.41, 5.74) is 18.7. The van der Waals surface area contributed by atoms with Crippen molar-refractivity contribution in [3.63, 3.8) is 0 Å². The van der Waals surface area contributed by atoms with Gasteiger partial charge in [-0.25, -0.2) is 0 Å². The quantitative estimate of drug-likeness (QED) is 0.131. The van der Waals surface area contributed by atoms with Gasteiger partial charge in [0.2, 0.25) is 0 Å². The van der Waals surface area contributed by atoms with Gasteiger partial charge in [0, 0.05) is 44.0 Å². The van der Waals surface area contributed by atoms with E-state index in [1.807, 2.05) is 12.1 Å². The minimum Gasteiger partial charge on any atom is -0.505 e. The molecule has 0 aliphatic rings. The molecule has 368 valence electrons. The van der Waals surface area contributed by atoms with Crippen LogP contribution in [0.2, 0.25) is 0 Å². The molecule has 0 bridgehead atoms. The van der Waals surface area contributed by atoms with Crippen LogP contribution in [0.1, 0.15) is 61.8 Å². The number of hydrogen-bond donors (Lipinski definition) is 1. The van der Waals surface area contributed by atoms with Crippen molar-refractivity contribution >= 4 is 88.4 Å². The highest BCUT2D eigenvalue weighted by atomic mass is 16.3. The Balaban J connectivity index is 1.01. The maximum absolute atomic E-state index is 12.8. The van der Waals surface area contributed by atoms with E-state index in [0.29, 0.717) is 17.5 Å². The zero-order chi connectivity index (χ0) is 51.8. The number of aryl methyl sites for hydroxylation is 2. The molecule has 0 spiro atoms. The molecule has 4 heteroatoms. The lowest BCUT2D eigenvalue weighted by atomic mass is 9.90. The first kappa shape index (κ1) is 46.7. The van der Waals surface area contributed by atoms with E-state index in [1.165, 1.54) is 38.6 Å². The number of nitrogens with zero attached hydrogens (tertiary/aromatic N) is 2. The molecule has 0 saturated heterocycles. The predicted molar refractivity (Wildman–Crippen MR) is 322 cm³/mol. The minimum absolute atomic E-state index is 0.219. The Morgan fingerprint density at radius 1 is 0.355 bits per heavy atom. The van der Waals surface area contributed by atoms with E-state index in [-0.39, 0.29) is 5.75 Å². The first-order valence-electron chi connectivity index (χ1n) is 26.6. The van der Waals surface area contributed by atoms with Crippen LogP contribution in [0.5, 0.6) is 5.75 Å². The maximum atomic E-state index is 12.8. The molecular weight excluding hydrogens is 925 g/mol. The predicted octanol–water partition coefficient (Wildman–Crippen LogP) is 21.0. The molecule has 0 aliphatic carbocycles. The Morgan fingerprint density at radius 2 is 0.816 bits per heavy atom. The molecule has 0 aliphatic heterocycles. The van der Waals surface area contributed by atoms with Crippen LogP contribution in [0.15, 0.2) is 229 Å². The van der Waals surface area contributed by atoms with Crippen LogP contribution < -0.4 is 9.80 Å². The molecule has 13 rings (SSSR count). The lowest BCUT2D eigenvalue weighted by Crippen LogP contribution is -2.12. The Hall–Kier alpha value is -9.12. The molecule has 12 aromatic carbocycles. The molecule has 0 fully saturated rings. The summed E-state index contributed by atoms with van der Waals surface area (Å²) in [6, 6.07) is 80.6. The van der Waals surface area contributed by atoms with E-state index in [0.717, 1.165) is 99.7 Å². The van der Waals surface area contributed by atoms with Gasteiger partial charge in [0.15, 0.2) is 5.58 Å². The molecule has 1 aromatic heterocycles. The molecule has 1 N–H and O–H groups in total. The molecule has 0 radical (unpaired) electrons. The van der Waals surface area contributed by atoms with Crippen LogP contribution >= 0.6 is 0 Å². The number of para-hydroxylation sites is 3. The summed E-state index contributed by atoms with van der Waals surface area (Å²) < 4.78 is 7.24. The standard InChI is InChI=1S/C72H58N2O2/c1-44(2)54-23-7-9-25-56(54)50-19-13-20-51(43-50)57-27-15-31-66(70(57)75)73(52-21-11-17-46(5)41-52)64-39-35-48-34-38-63-65(40-36-49-33-37-62(64)68(48)69(49)63)74(53-22-12-18-47(6)42-53)67-32-16-30-61-60-29-14-28-59(71(60)76-72(61)67)58-26-10-8-24-55(58)45(3)4/h7-45,75H,1-6H3. The second-order valence-electron chi connectivity index (χ2n) is 21.1. The summed E-state index contributed by atoms with van der Waals surface area (Å²) in [5.74, 6) is 0.940. The van der Waals surface area contributed by atoms with Crippen molar-refractivity contribution in [1.82, 2.24) is 0 Å².